The van der Waals surface area contributed by atoms with Gasteiger partial charge in [0.15, 0.2) is 5.78 Å². The maximum Gasteiger partial charge on any atom is 0.195 e. The fourth-order valence-corrected chi connectivity index (χ4v) is 3.00. The SMILES string of the molecule is O=C(c1cccc(CN2CCCC2)c1)c1ccc(Cl)cc1F. The molecule has 1 fully saturated rings. The number of nitrogens with zero attached hydrogens (tertiary/aromatic N) is 1. The molecule has 0 amide bonds. The Hall–Kier alpha value is -1.71. The minimum Gasteiger partial charge on any atom is -0.299 e. The van der Waals surface area contributed by atoms with E-state index in [1.807, 2.05) is 18.2 Å². The van der Waals surface area contributed by atoms with E-state index in [1.54, 1.807) is 6.07 Å². The maximum absolute atomic E-state index is 13.9. The summed E-state index contributed by atoms with van der Waals surface area (Å²) in [6, 6.07) is 11.6. The molecule has 1 saturated heterocycles. The van der Waals surface area contributed by atoms with Gasteiger partial charge in [0.05, 0.1) is 5.56 Å². The molecule has 1 aliphatic heterocycles. The Morgan fingerprint density at radius 3 is 2.64 bits per heavy atom. The van der Waals surface area contributed by atoms with E-state index in [2.05, 4.69) is 4.90 Å². The van der Waals surface area contributed by atoms with Gasteiger partial charge in [-0.1, -0.05) is 29.8 Å². The van der Waals surface area contributed by atoms with Crippen molar-refractivity contribution in [2.24, 2.45) is 0 Å². The molecule has 0 bridgehead atoms. The molecule has 3 rings (SSSR count). The number of hydrogen-bond donors (Lipinski definition) is 0. The molecule has 1 heterocycles. The zero-order chi connectivity index (χ0) is 15.5. The predicted octanol–water partition coefficient (Wildman–Crippen LogP) is 4.31. The van der Waals surface area contributed by atoms with Crippen molar-refractivity contribution >= 4 is 17.4 Å². The van der Waals surface area contributed by atoms with Crippen LogP contribution in [0.25, 0.3) is 0 Å². The molecular formula is C18H17ClFNO. The van der Waals surface area contributed by atoms with Crippen LogP contribution >= 0.6 is 11.6 Å². The van der Waals surface area contributed by atoms with E-state index in [0.717, 1.165) is 25.2 Å². The molecule has 2 aromatic rings. The van der Waals surface area contributed by atoms with Gasteiger partial charge in [-0.25, -0.2) is 4.39 Å². The highest BCUT2D eigenvalue weighted by molar-refractivity contribution is 6.30. The van der Waals surface area contributed by atoms with Crippen LogP contribution in [0.4, 0.5) is 4.39 Å². The van der Waals surface area contributed by atoms with Crippen LogP contribution in [0.1, 0.15) is 34.3 Å². The summed E-state index contributed by atoms with van der Waals surface area (Å²) >= 11 is 5.73. The largest absolute Gasteiger partial charge is 0.299 e. The Labute approximate surface area is 134 Å². The third kappa shape index (κ3) is 3.37. The highest BCUT2D eigenvalue weighted by Gasteiger charge is 2.16. The molecule has 2 nitrogen and oxygen atoms in total. The van der Waals surface area contributed by atoms with Crippen molar-refractivity contribution in [1.29, 1.82) is 0 Å². The van der Waals surface area contributed by atoms with Crippen LogP contribution in [0.5, 0.6) is 0 Å². The Morgan fingerprint density at radius 2 is 1.91 bits per heavy atom. The highest BCUT2D eigenvalue weighted by Crippen LogP contribution is 2.20. The van der Waals surface area contributed by atoms with Gasteiger partial charge in [0.2, 0.25) is 0 Å². The molecule has 0 radical (unpaired) electrons. The third-order valence-corrected chi connectivity index (χ3v) is 4.20. The van der Waals surface area contributed by atoms with Gasteiger partial charge in [0.1, 0.15) is 5.82 Å². The number of likely N-dealkylation sites (tertiary alicyclic amines) is 1. The number of benzene rings is 2. The zero-order valence-corrected chi connectivity index (χ0v) is 12.9. The highest BCUT2D eigenvalue weighted by atomic mass is 35.5. The summed E-state index contributed by atoms with van der Waals surface area (Å²) in [6.07, 6.45) is 2.46. The molecule has 0 unspecified atom stereocenters. The van der Waals surface area contributed by atoms with Crippen LogP contribution in [0.2, 0.25) is 5.02 Å². The fourth-order valence-electron chi connectivity index (χ4n) is 2.84. The van der Waals surface area contributed by atoms with Gasteiger partial charge in [0, 0.05) is 17.1 Å². The fraction of sp³-hybridized carbons (Fsp3) is 0.278. The van der Waals surface area contributed by atoms with Crippen LogP contribution in [-0.2, 0) is 6.54 Å². The number of carbonyl (C=O) groups is 1. The molecule has 0 aliphatic carbocycles. The Balaban J connectivity index is 1.83. The van der Waals surface area contributed by atoms with E-state index in [1.165, 1.54) is 31.0 Å². The summed E-state index contributed by atoms with van der Waals surface area (Å²) in [5.41, 5.74) is 1.66. The van der Waals surface area contributed by atoms with Crippen molar-refractivity contribution in [3.63, 3.8) is 0 Å². The molecule has 4 heteroatoms. The van der Waals surface area contributed by atoms with E-state index >= 15 is 0 Å². The number of hydrogen-bond acceptors (Lipinski definition) is 2. The molecule has 2 aromatic carbocycles. The van der Waals surface area contributed by atoms with Crippen molar-refractivity contribution in [2.45, 2.75) is 19.4 Å². The number of halogens is 2. The summed E-state index contributed by atoms with van der Waals surface area (Å²) in [5.74, 6) is -0.889. The van der Waals surface area contributed by atoms with Crippen molar-refractivity contribution in [1.82, 2.24) is 4.90 Å². The van der Waals surface area contributed by atoms with Gasteiger partial charge in [-0.3, -0.25) is 9.69 Å². The Morgan fingerprint density at radius 1 is 1.14 bits per heavy atom. The number of carbonyl (C=O) groups excluding carboxylic acids is 1. The first-order chi connectivity index (χ1) is 10.6. The molecule has 0 spiro atoms. The van der Waals surface area contributed by atoms with Gasteiger partial charge < -0.3 is 0 Å². The quantitative estimate of drug-likeness (QED) is 0.783. The second-order valence-corrected chi connectivity index (χ2v) is 6.07. The van der Waals surface area contributed by atoms with E-state index in [0.29, 0.717) is 5.56 Å². The lowest BCUT2D eigenvalue weighted by atomic mass is 10.0. The molecule has 22 heavy (non-hydrogen) atoms. The molecule has 1 aliphatic rings. The van der Waals surface area contributed by atoms with Gasteiger partial charge >= 0.3 is 0 Å². The summed E-state index contributed by atoms with van der Waals surface area (Å²) < 4.78 is 13.9. The second kappa shape index (κ2) is 6.59. The minimum absolute atomic E-state index is 0.0581. The first-order valence-corrected chi connectivity index (χ1v) is 7.82. The smallest absolute Gasteiger partial charge is 0.195 e. The van der Waals surface area contributed by atoms with E-state index < -0.39 is 5.82 Å². The van der Waals surface area contributed by atoms with Crippen LogP contribution in [0.3, 0.4) is 0 Å². The third-order valence-electron chi connectivity index (χ3n) is 3.97. The summed E-state index contributed by atoms with van der Waals surface area (Å²) in [5, 5.41) is 0.289. The van der Waals surface area contributed by atoms with Crippen molar-refractivity contribution in [3.05, 3.63) is 70.0 Å². The number of ketones is 1. The lowest BCUT2D eigenvalue weighted by Crippen LogP contribution is -2.18. The monoisotopic (exact) mass is 317 g/mol. The maximum atomic E-state index is 13.9. The molecule has 114 valence electrons. The summed E-state index contributed by atoms with van der Waals surface area (Å²) in [6.45, 7) is 3.04. The standard InChI is InChI=1S/C18H17ClFNO/c19-15-6-7-16(17(20)11-15)18(22)14-5-3-4-13(10-14)12-21-8-1-2-9-21/h3-7,10-11H,1-2,8-9,12H2. The van der Waals surface area contributed by atoms with Gasteiger partial charge in [-0.15, -0.1) is 0 Å². The molecule has 0 aromatic heterocycles. The molecule has 0 N–H and O–H groups in total. The first-order valence-electron chi connectivity index (χ1n) is 7.44. The first kappa shape index (κ1) is 15.2. The van der Waals surface area contributed by atoms with Crippen LogP contribution in [-0.4, -0.2) is 23.8 Å². The Bertz CT molecular complexity index is 695. The van der Waals surface area contributed by atoms with Gasteiger partial charge in [-0.05, 0) is 55.8 Å². The van der Waals surface area contributed by atoms with Crippen LogP contribution in [0.15, 0.2) is 42.5 Å². The predicted molar refractivity (Wildman–Crippen MR) is 85.8 cm³/mol. The van der Waals surface area contributed by atoms with Crippen LogP contribution in [0, 0.1) is 5.82 Å². The van der Waals surface area contributed by atoms with E-state index in [-0.39, 0.29) is 16.4 Å². The molecule has 0 atom stereocenters. The average Bonchev–Trinajstić information content (AvgIpc) is 3.00. The molecular weight excluding hydrogens is 301 g/mol. The normalized spacial score (nSPS) is 15.2. The van der Waals surface area contributed by atoms with Crippen molar-refractivity contribution in [3.8, 4) is 0 Å². The summed E-state index contributed by atoms with van der Waals surface area (Å²) in [7, 11) is 0. The molecule has 0 saturated carbocycles. The van der Waals surface area contributed by atoms with Gasteiger partial charge in [-0.2, -0.15) is 0 Å². The lowest BCUT2D eigenvalue weighted by Gasteiger charge is -2.15. The minimum atomic E-state index is -0.581. The Kier molecular flexibility index (Phi) is 4.55. The van der Waals surface area contributed by atoms with E-state index in [4.69, 9.17) is 11.6 Å². The van der Waals surface area contributed by atoms with Crippen molar-refractivity contribution < 1.29 is 9.18 Å². The second-order valence-electron chi connectivity index (χ2n) is 5.64. The topological polar surface area (TPSA) is 20.3 Å². The average molecular weight is 318 g/mol. The zero-order valence-electron chi connectivity index (χ0n) is 12.2. The summed E-state index contributed by atoms with van der Waals surface area (Å²) in [4.78, 5) is 14.8. The van der Waals surface area contributed by atoms with Crippen molar-refractivity contribution in [2.75, 3.05) is 13.1 Å². The van der Waals surface area contributed by atoms with Gasteiger partial charge in [0.25, 0.3) is 0 Å². The van der Waals surface area contributed by atoms with E-state index in [9.17, 15) is 9.18 Å². The lowest BCUT2D eigenvalue weighted by molar-refractivity contribution is 0.103. The van der Waals surface area contributed by atoms with Crippen LogP contribution < -0.4 is 0 Å². The number of rotatable bonds is 4.